The van der Waals surface area contributed by atoms with Crippen molar-refractivity contribution < 1.29 is 14.2 Å². The first-order chi connectivity index (χ1) is 12.1. The maximum atomic E-state index is 5.87. The van der Waals surface area contributed by atoms with E-state index in [0.717, 1.165) is 47.9 Å². The standard InChI is InChI=1S/C19H25N3O3/c1-13-9-14(2)22-19(21-13)20-11-15-6-7-17(18(10-15)23-3)25-12-16-5-4-8-24-16/h6-7,9-10,16H,4-5,8,11-12H2,1-3H3,(H,20,21,22). The number of hydrogen-bond donors (Lipinski definition) is 1. The Morgan fingerprint density at radius 1 is 1.16 bits per heavy atom. The van der Waals surface area contributed by atoms with E-state index >= 15 is 0 Å². The summed E-state index contributed by atoms with van der Waals surface area (Å²) in [6, 6.07) is 7.88. The summed E-state index contributed by atoms with van der Waals surface area (Å²) in [5.74, 6) is 2.10. The summed E-state index contributed by atoms with van der Waals surface area (Å²) in [7, 11) is 1.65. The van der Waals surface area contributed by atoms with E-state index < -0.39 is 0 Å². The number of hydrogen-bond acceptors (Lipinski definition) is 6. The highest BCUT2D eigenvalue weighted by molar-refractivity contribution is 5.44. The van der Waals surface area contributed by atoms with Crippen molar-refractivity contribution in [2.24, 2.45) is 0 Å². The summed E-state index contributed by atoms with van der Waals surface area (Å²) in [6.07, 6.45) is 2.35. The average molecular weight is 343 g/mol. The number of ether oxygens (including phenoxy) is 3. The number of nitrogens with zero attached hydrogens (tertiary/aromatic N) is 2. The third-order valence-electron chi connectivity index (χ3n) is 4.11. The zero-order chi connectivity index (χ0) is 17.6. The lowest BCUT2D eigenvalue weighted by atomic mass is 10.2. The van der Waals surface area contributed by atoms with Crippen molar-refractivity contribution in [2.45, 2.75) is 39.3 Å². The van der Waals surface area contributed by atoms with Crippen LogP contribution in [0, 0.1) is 13.8 Å². The molecule has 1 aliphatic heterocycles. The number of nitrogens with one attached hydrogen (secondary N) is 1. The minimum absolute atomic E-state index is 0.188. The molecule has 1 aromatic heterocycles. The lowest BCUT2D eigenvalue weighted by molar-refractivity contribution is 0.0669. The minimum atomic E-state index is 0.188. The van der Waals surface area contributed by atoms with E-state index in [1.807, 2.05) is 38.1 Å². The number of anilines is 1. The van der Waals surface area contributed by atoms with Gasteiger partial charge in [0.05, 0.1) is 13.2 Å². The molecular formula is C19H25N3O3. The van der Waals surface area contributed by atoms with Gasteiger partial charge in [0, 0.05) is 24.5 Å². The van der Waals surface area contributed by atoms with Crippen molar-refractivity contribution in [2.75, 3.05) is 25.6 Å². The van der Waals surface area contributed by atoms with Crippen LogP contribution in [0.1, 0.15) is 29.8 Å². The largest absolute Gasteiger partial charge is 0.493 e. The number of aryl methyl sites for hydroxylation is 2. The Kier molecular flexibility index (Phi) is 5.71. The fourth-order valence-corrected chi connectivity index (χ4v) is 2.89. The maximum absolute atomic E-state index is 5.87. The van der Waals surface area contributed by atoms with Crippen LogP contribution < -0.4 is 14.8 Å². The van der Waals surface area contributed by atoms with Gasteiger partial charge in [0.15, 0.2) is 11.5 Å². The van der Waals surface area contributed by atoms with E-state index in [2.05, 4.69) is 15.3 Å². The molecule has 2 aromatic rings. The Hall–Kier alpha value is -2.34. The van der Waals surface area contributed by atoms with Crippen molar-refractivity contribution in [3.63, 3.8) is 0 Å². The van der Waals surface area contributed by atoms with Gasteiger partial charge in [-0.3, -0.25) is 0 Å². The molecule has 1 atom stereocenters. The van der Waals surface area contributed by atoms with Crippen molar-refractivity contribution in [3.8, 4) is 11.5 Å². The fraction of sp³-hybridized carbons (Fsp3) is 0.474. The predicted octanol–water partition coefficient (Wildman–Crippen LogP) is 3.27. The van der Waals surface area contributed by atoms with E-state index in [0.29, 0.717) is 19.1 Å². The zero-order valence-electron chi connectivity index (χ0n) is 15.0. The Morgan fingerprint density at radius 2 is 1.96 bits per heavy atom. The van der Waals surface area contributed by atoms with Gasteiger partial charge in [-0.2, -0.15) is 0 Å². The first kappa shape index (κ1) is 17.5. The molecule has 1 aromatic carbocycles. The second-order valence-electron chi connectivity index (χ2n) is 6.26. The van der Waals surface area contributed by atoms with Crippen molar-refractivity contribution in [1.82, 2.24) is 9.97 Å². The second-order valence-corrected chi connectivity index (χ2v) is 6.26. The van der Waals surface area contributed by atoms with Gasteiger partial charge >= 0.3 is 0 Å². The maximum Gasteiger partial charge on any atom is 0.223 e. The average Bonchev–Trinajstić information content (AvgIpc) is 3.11. The quantitative estimate of drug-likeness (QED) is 0.832. The topological polar surface area (TPSA) is 65.5 Å². The Bertz CT molecular complexity index is 695. The highest BCUT2D eigenvalue weighted by atomic mass is 16.5. The highest BCUT2D eigenvalue weighted by Crippen LogP contribution is 2.29. The van der Waals surface area contributed by atoms with Gasteiger partial charge in [-0.05, 0) is 50.5 Å². The third kappa shape index (κ3) is 4.82. The monoisotopic (exact) mass is 343 g/mol. The van der Waals surface area contributed by atoms with E-state index in [-0.39, 0.29) is 6.10 Å². The van der Waals surface area contributed by atoms with Crippen LogP contribution in [0.15, 0.2) is 24.3 Å². The molecular weight excluding hydrogens is 318 g/mol. The molecule has 1 N–H and O–H groups in total. The smallest absolute Gasteiger partial charge is 0.223 e. The molecule has 0 aliphatic carbocycles. The Balaban J connectivity index is 1.62. The minimum Gasteiger partial charge on any atom is -0.493 e. The first-order valence-corrected chi connectivity index (χ1v) is 8.61. The SMILES string of the molecule is COc1cc(CNc2nc(C)cc(C)n2)ccc1OCC1CCCO1. The summed E-state index contributed by atoms with van der Waals surface area (Å²) < 4.78 is 16.9. The predicted molar refractivity (Wildman–Crippen MR) is 96.3 cm³/mol. The lowest BCUT2D eigenvalue weighted by Crippen LogP contribution is -2.16. The molecule has 6 heteroatoms. The van der Waals surface area contributed by atoms with Crippen LogP contribution in [0.5, 0.6) is 11.5 Å². The normalized spacial score (nSPS) is 16.7. The van der Waals surface area contributed by atoms with Gasteiger partial charge in [0.1, 0.15) is 6.61 Å². The molecule has 1 saturated heterocycles. The fourth-order valence-electron chi connectivity index (χ4n) is 2.89. The highest BCUT2D eigenvalue weighted by Gasteiger charge is 2.17. The number of rotatable bonds is 7. The molecule has 0 spiro atoms. The van der Waals surface area contributed by atoms with Crippen LogP contribution in [-0.4, -0.2) is 36.4 Å². The number of aromatic nitrogens is 2. The van der Waals surface area contributed by atoms with Crippen molar-refractivity contribution >= 4 is 5.95 Å². The van der Waals surface area contributed by atoms with Crippen LogP contribution in [-0.2, 0) is 11.3 Å². The molecule has 2 heterocycles. The molecule has 1 aliphatic rings. The second kappa shape index (κ2) is 8.16. The Labute approximate surface area is 148 Å². The summed E-state index contributed by atoms with van der Waals surface area (Å²) in [6.45, 7) is 5.93. The zero-order valence-corrected chi connectivity index (χ0v) is 15.0. The Morgan fingerprint density at radius 3 is 2.64 bits per heavy atom. The molecule has 6 nitrogen and oxygen atoms in total. The molecule has 134 valence electrons. The summed E-state index contributed by atoms with van der Waals surface area (Å²) >= 11 is 0. The van der Waals surface area contributed by atoms with Crippen LogP contribution in [0.2, 0.25) is 0 Å². The van der Waals surface area contributed by atoms with E-state index in [1.54, 1.807) is 7.11 Å². The van der Waals surface area contributed by atoms with E-state index in [4.69, 9.17) is 14.2 Å². The molecule has 25 heavy (non-hydrogen) atoms. The molecule has 3 rings (SSSR count). The van der Waals surface area contributed by atoms with Gasteiger partial charge in [-0.1, -0.05) is 6.07 Å². The molecule has 0 radical (unpaired) electrons. The van der Waals surface area contributed by atoms with Crippen LogP contribution >= 0.6 is 0 Å². The number of methoxy groups -OCH3 is 1. The molecule has 1 unspecified atom stereocenters. The van der Waals surface area contributed by atoms with Crippen LogP contribution in [0.4, 0.5) is 5.95 Å². The van der Waals surface area contributed by atoms with Crippen LogP contribution in [0.3, 0.4) is 0 Å². The van der Waals surface area contributed by atoms with Crippen molar-refractivity contribution in [1.29, 1.82) is 0 Å². The summed E-state index contributed by atoms with van der Waals surface area (Å²) in [4.78, 5) is 8.78. The van der Waals surface area contributed by atoms with Gasteiger partial charge < -0.3 is 19.5 Å². The van der Waals surface area contributed by atoms with Gasteiger partial charge in [0.25, 0.3) is 0 Å². The third-order valence-corrected chi connectivity index (χ3v) is 4.11. The molecule has 0 bridgehead atoms. The number of benzene rings is 1. The van der Waals surface area contributed by atoms with Gasteiger partial charge in [0.2, 0.25) is 5.95 Å². The van der Waals surface area contributed by atoms with Crippen LogP contribution in [0.25, 0.3) is 0 Å². The molecule has 0 amide bonds. The van der Waals surface area contributed by atoms with Crippen molar-refractivity contribution in [3.05, 3.63) is 41.2 Å². The summed E-state index contributed by atoms with van der Waals surface area (Å²) in [5, 5.41) is 3.25. The van der Waals surface area contributed by atoms with Gasteiger partial charge in [-0.25, -0.2) is 9.97 Å². The van der Waals surface area contributed by atoms with E-state index in [9.17, 15) is 0 Å². The van der Waals surface area contributed by atoms with E-state index in [1.165, 1.54) is 0 Å². The molecule has 0 saturated carbocycles. The first-order valence-electron chi connectivity index (χ1n) is 8.61. The van der Waals surface area contributed by atoms with Gasteiger partial charge in [-0.15, -0.1) is 0 Å². The lowest BCUT2D eigenvalue weighted by Gasteiger charge is -2.15. The summed E-state index contributed by atoms with van der Waals surface area (Å²) in [5.41, 5.74) is 2.97. The molecule has 1 fully saturated rings.